The molecule has 1 aromatic carbocycles. The molecule has 8 heteroatoms. The SMILES string of the molecule is C=C(C)C(=O)OCCc1ccc(C(=O)[O-])c(C(=O)[O-])c1CCOC(=O)C(=C)C. The highest BCUT2D eigenvalue weighted by Gasteiger charge is 2.16. The monoisotopic (exact) mass is 388 g/mol. The minimum atomic E-state index is -1.71. The van der Waals surface area contributed by atoms with E-state index < -0.39 is 35.0 Å². The van der Waals surface area contributed by atoms with Crippen LogP contribution >= 0.6 is 0 Å². The predicted molar refractivity (Wildman–Crippen MR) is 94.1 cm³/mol. The molecule has 0 amide bonds. The summed E-state index contributed by atoms with van der Waals surface area (Å²) in [4.78, 5) is 45.8. The number of esters is 2. The van der Waals surface area contributed by atoms with Crippen LogP contribution in [0.25, 0.3) is 0 Å². The average Bonchev–Trinajstić information content (AvgIpc) is 2.61. The fourth-order valence-corrected chi connectivity index (χ4v) is 2.36. The van der Waals surface area contributed by atoms with Crippen LogP contribution < -0.4 is 10.2 Å². The van der Waals surface area contributed by atoms with Gasteiger partial charge in [-0.25, -0.2) is 9.59 Å². The van der Waals surface area contributed by atoms with Gasteiger partial charge in [-0.05, 0) is 25.0 Å². The first-order valence-corrected chi connectivity index (χ1v) is 8.29. The largest absolute Gasteiger partial charge is 0.545 e. The van der Waals surface area contributed by atoms with Gasteiger partial charge >= 0.3 is 11.9 Å². The number of carboxylic acids is 2. The number of hydrogen-bond acceptors (Lipinski definition) is 8. The topological polar surface area (TPSA) is 133 Å². The zero-order valence-corrected chi connectivity index (χ0v) is 15.7. The van der Waals surface area contributed by atoms with Crippen molar-refractivity contribution in [3.05, 3.63) is 58.7 Å². The molecule has 28 heavy (non-hydrogen) atoms. The quantitative estimate of drug-likeness (QED) is 0.395. The Morgan fingerprint density at radius 1 is 0.857 bits per heavy atom. The van der Waals surface area contributed by atoms with Crippen LogP contribution in [0.15, 0.2) is 36.4 Å². The van der Waals surface area contributed by atoms with Gasteiger partial charge in [0.15, 0.2) is 0 Å². The molecule has 0 heterocycles. The van der Waals surface area contributed by atoms with Crippen LogP contribution in [0.2, 0.25) is 0 Å². The minimum Gasteiger partial charge on any atom is -0.545 e. The van der Waals surface area contributed by atoms with Crippen molar-refractivity contribution in [2.75, 3.05) is 13.2 Å². The molecule has 0 aromatic heterocycles. The summed E-state index contributed by atoms with van der Waals surface area (Å²) in [5.74, 6) is -4.66. The van der Waals surface area contributed by atoms with Crippen molar-refractivity contribution in [1.82, 2.24) is 0 Å². The maximum Gasteiger partial charge on any atom is 0.333 e. The Labute approximate surface area is 162 Å². The zero-order chi connectivity index (χ0) is 21.4. The number of carbonyl (C=O) groups excluding carboxylic acids is 4. The van der Waals surface area contributed by atoms with Crippen LogP contribution in [-0.2, 0) is 31.9 Å². The van der Waals surface area contributed by atoms with Crippen molar-refractivity contribution in [3.8, 4) is 0 Å². The van der Waals surface area contributed by atoms with Gasteiger partial charge in [0.2, 0.25) is 0 Å². The molecule has 0 bridgehead atoms. The van der Waals surface area contributed by atoms with Crippen LogP contribution in [0.1, 0.15) is 45.7 Å². The molecule has 0 spiro atoms. The molecule has 150 valence electrons. The van der Waals surface area contributed by atoms with Gasteiger partial charge in [-0.2, -0.15) is 0 Å². The molecule has 1 rings (SSSR count). The van der Waals surface area contributed by atoms with E-state index in [4.69, 9.17) is 9.47 Å². The van der Waals surface area contributed by atoms with Crippen molar-refractivity contribution in [3.63, 3.8) is 0 Å². The second kappa shape index (κ2) is 10.1. The molecule has 0 aliphatic rings. The van der Waals surface area contributed by atoms with Gasteiger partial charge in [-0.1, -0.05) is 25.3 Å². The third-order valence-corrected chi connectivity index (χ3v) is 3.72. The van der Waals surface area contributed by atoms with Crippen LogP contribution in [0.3, 0.4) is 0 Å². The third-order valence-electron chi connectivity index (χ3n) is 3.72. The van der Waals surface area contributed by atoms with E-state index >= 15 is 0 Å². The Hall–Kier alpha value is -3.42. The van der Waals surface area contributed by atoms with Crippen molar-refractivity contribution in [2.24, 2.45) is 0 Å². The highest BCUT2D eigenvalue weighted by Crippen LogP contribution is 2.21. The first kappa shape index (κ1) is 22.6. The molecule has 1 aromatic rings. The normalized spacial score (nSPS) is 10.1. The number of carbonyl (C=O) groups is 4. The summed E-state index contributed by atoms with van der Waals surface area (Å²) < 4.78 is 9.95. The van der Waals surface area contributed by atoms with E-state index in [9.17, 15) is 29.4 Å². The number of benzene rings is 1. The van der Waals surface area contributed by atoms with Crippen molar-refractivity contribution >= 4 is 23.9 Å². The van der Waals surface area contributed by atoms with Gasteiger partial charge in [-0.3, -0.25) is 0 Å². The van der Waals surface area contributed by atoms with Crippen LogP contribution in [0.5, 0.6) is 0 Å². The molecule has 0 saturated carbocycles. The average molecular weight is 388 g/mol. The van der Waals surface area contributed by atoms with E-state index in [1.54, 1.807) is 0 Å². The second-order valence-corrected chi connectivity index (χ2v) is 6.03. The lowest BCUT2D eigenvalue weighted by Crippen LogP contribution is -2.32. The van der Waals surface area contributed by atoms with E-state index in [-0.39, 0.29) is 42.8 Å². The molecule has 8 nitrogen and oxygen atoms in total. The lowest BCUT2D eigenvalue weighted by Gasteiger charge is -2.20. The van der Waals surface area contributed by atoms with Gasteiger partial charge in [0.25, 0.3) is 0 Å². The number of carboxylic acid groups (broad SMARTS) is 2. The zero-order valence-electron chi connectivity index (χ0n) is 15.7. The minimum absolute atomic E-state index is 0.0819. The molecule has 0 N–H and O–H groups in total. The summed E-state index contributed by atoms with van der Waals surface area (Å²) in [7, 11) is 0. The number of ether oxygens (including phenoxy) is 2. The van der Waals surface area contributed by atoms with Gasteiger partial charge in [-0.15, -0.1) is 0 Å². The first-order valence-electron chi connectivity index (χ1n) is 8.29. The molecule has 0 aliphatic carbocycles. The van der Waals surface area contributed by atoms with Gasteiger partial charge in [0, 0.05) is 35.1 Å². The smallest absolute Gasteiger partial charge is 0.333 e. The molecule has 0 radical (unpaired) electrons. The van der Waals surface area contributed by atoms with Crippen LogP contribution in [0, 0.1) is 0 Å². The van der Waals surface area contributed by atoms with Gasteiger partial charge in [0.05, 0.1) is 25.2 Å². The van der Waals surface area contributed by atoms with E-state index in [0.29, 0.717) is 5.56 Å². The fourth-order valence-electron chi connectivity index (χ4n) is 2.36. The van der Waals surface area contributed by atoms with Crippen LogP contribution in [0.4, 0.5) is 0 Å². The molecular weight excluding hydrogens is 368 g/mol. The summed E-state index contributed by atoms with van der Waals surface area (Å²) in [6.07, 6.45) is 0.0175. The standard InChI is InChI=1S/C20H22O8/c1-11(2)19(25)27-9-7-13-5-6-15(17(21)22)16(18(23)24)14(13)8-10-28-20(26)12(3)4/h5-6H,1,3,7-10H2,2,4H3,(H,21,22)(H,23,24)/p-2. The summed E-state index contributed by atoms with van der Waals surface area (Å²) in [6.45, 7) is 9.52. The van der Waals surface area contributed by atoms with Gasteiger partial charge < -0.3 is 29.3 Å². The Bertz CT molecular complexity index is 835. The number of aromatic carboxylic acids is 2. The van der Waals surface area contributed by atoms with E-state index in [0.717, 1.165) is 6.07 Å². The summed E-state index contributed by atoms with van der Waals surface area (Å²) in [5, 5.41) is 22.8. The molecule has 0 aliphatic heterocycles. The molecular formula is C20H20O8-2. The Morgan fingerprint density at radius 3 is 1.79 bits per heavy atom. The molecule has 0 saturated heterocycles. The Kier molecular flexibility index (Phi) is 8.12. The molecule has 0 fully saturated rings. The maximum absolute atomic E-state index is 11.6. The van der Waals surface area contributed by atoms with Crippen molar-refractivity contribution < 1.29 is 38.9 Å². The first-order chi connectivity index (χ1) is 13.1. The Balaban J connectivity index is 3.17. The van der Waals surface area contributed by atoms with Gasteiger partial charge in [0.1, 0.15) is 0 Å². The molecule has 0 unspecified atom stereocenters. The molecule has 0 atom stereocenters. The maximum atomic E-state index is 11.6. The number of hydrogen-bond donors (Lipinski definition) is 0. The van der Waals surface area contributed by atoms with E-state index in [2.05, 4.69) is 13.2 Å². The third kappa shape index (κ3) is 6.08. The van der Waals surface area contributed by atoms with Crippen LogP contribution in [-0.4, -0.2) is 37.1 Å². The summed E-state index contributed by atoms with van der Waals surface area (Å²) in [6, 6.07) is 2.47. The highest BCUT2D eigenvalue weighted by molar-refractivity contribution is 6.01. The Morgan fingerprint density at radius 2 is 1.36 bits per heavy atom. The predicted octanol–water partition coefficient (Wildman–Crippen LogP) is -0.263. The lowest BCUT2D eigenvalue weighted by molar-refractivity contribution is -0.259. The lowest BCUT2D eigenvalue weighted by atomic mass is 9.92. The van der Waals surface area contributed by atoms with Crippen molar-refractivity contribution in [1.29, 1.82) is 0 Å². The van der Waals surface area contributed by atoms with E-state index in [1.807, 2.05) is 0 Å². The van der Waals surface area contributed by atoms with E-state index in [1.165, 1.54) is 19.9 Å². The number of rotatable bonds is 10. The van der Waals surface area contributed by atoms with Crippen molar-refractivity contribution in [2.45, 2.75) is 26.7 Å². The summed E-state index contributed by atoms with van der Waals surface area (Å²) in [5.41, 5.74) is -0.239. The summed E-state index contributed by atoms with van der Waals surface area (Å²) >= 11 is 0. The fraction of sp³-hybridized carbons (Fsp3) is 0.300. The second-order valence-electron chi connectivity index (χ2n) is 6.03. The highest BCUT2D eigenvalue weighted by atomic mass is 16.5.